The largest absolute Gasteiger partial charge is 0.459 e. The van der Waals surface area contributed by atoms with Crippen LogP contribution in [0.5, 0.6) is 0 Å². The van der Waals surface area contributed by atoms with E-state index >= 15 is 0 Å². The minimum absolute atomic E-state index is 0.00971. The van der Waals surface area contributed by atoms with Crippen LogP contribution >= 0.6 is 0 Å². The van der Waals surface area contributed by atoms with Crippen LogP contribution < -0.4 is 0 Å². The number of rotatable bonds is 5. The van der Waals surface area contributed by atoms with Gasteiger partial charge in [0.1, 0.15) is 17.8 Å². The third-order valence-electron chi connectivity index (χ3n) is 8.63. The first-order valence-electron chi connectivity index (χ1n) is 14.1. The molecule has 0 radical (unpaired) electrons. The highest BCUT2D eigenvalue weighted by atomic mass is 16.6. The van der Waals surface area contributed by atoms with Gasteiger partial charge in [-0.15, -0.1) is 0 Å². The molecule has 0 saturated carbocycles. The van der Waals surface area contributed by atoms with E-state index in [0.29, 0.717) is 0 Å². The van der Waals surface area contributed by atoms with Crippen molar-refractivity contribution in [3.05, 3.63) is 23.8 Å². The summed E-state index contributed by atoms with van der Waals surface area (Å²) in [6, 6.07) is 0. The number of carbonyl (C=O) groups is 6. The van der Waals surface area contributed by atoms with Gasteiger partial charge >= 0.3 is 35.8 Å². The SMILES string of the molecule is CC(=O)OC1/C(C)=C\[C@@H]2OC(=O)[C@@](C)(O)[C@@]2(O)C(OC(C)=O)[C@H]2[C@](C)(O)[C@H](OC(C)=O)C=C[C@]2(C)[C@@H](OC(C)=O)[C@@H]1OC(C)=O. The number of hydrogen-bond donors (Lipinski definition) is 3. The van der Waals surface area contributed by atoms with Gasteiger partial charge in [-0.3, -0.25) is 24.0 Å². The van der Waals surface area contributed by atoms with Crippen LogP contribution in [0.3, 0.4) is 0 Å². The van der Waals surface area contributed by atoms with Gasteiger partial charge in [0.15, 0.2) is 35.6 Å². The van der Waals surface area contributed by atoms with Crippen LogP contribution in [0.15, 0.2) is 23.8 Å². The molecule has 250 valence electrons. The second-order valence-electron chi connectivity index (χ2n) is 12.3. The molecule has 11 atom stereocenters. The molecule has 1 aliphatic heterocycles. The molecule has 2 aliphatic carbocycles. The first-order chi connectivity index (χ1) is 20.5. The maximum atomic E-state index is 13.1. The summed E-state index contributed by atoms with van der Waals surface area (Å²) in [7, 11) is 0. The highest BCUT2D eigenvalue weighted by molar-refractivity contribution is 5.84. The fourth-order valence-corrected chi connectivity index (χ4v) is 6.73. The van der Waals surface area contributed by atoms with E-state index in [1.807, 2.05) is 0 Å². The van der Waals surface area contributed by atoms with E-state index in [1.54, 1.807) is 0 Å². The van der Waals surface area contributed by atoms with E-state index in [2.05, 4.69) is 0 Å². The Morgan fingerprint density at radius 3 is 1.73 bits per heavy atom. The summed E-state index contributed by atoms with van der Waals surface area (Å²) in [5.74, 6) is -7.64. The van der Waals surface area contributed by atoms with E-state index in [-0.39, 0.29) is 5.57 Å². The third-order valence-corrected chi connectivity index (χ3v) is 8.63. The first kappa shape index (κ1) is 35.7. The number of ether oxygens (including phenoxy) is 6. The minimum Gasteiger partial charge on any atom is -0.459 e. The molecule has 0 aromatic rings. The Balaban J connectivity index is 2.60. The quantitative estimate of drug-likeness (QED) is 0.204. The second-order valence-corrected chi connectivity index (χ2v) is 12.3. The van der Waals surface area contributed by atoms with E-state index < -0.39 is 101 Å². The molecular formula is C30H40O15. The molecule has 15 heteroatoms. The fraction of sp³-hybridized carbons (Fsp3) is 0.667. The van der Waals surface area contributed by atoms with Crippen molar-refractivity contribution in [2.75, 3.05) is 0 Å². The van der Waals surface area contributed by atoms with Gasteiger partial charge in [0, 0.05) is 46.0 Å². The number of hydrogen-bond acceptors (Lipinski definition) is 15. The van der Waals surface area contributed by atoms with Crippen molar-refractivity contribution in [2.24, 2.45) is 11.3 Å². The van der Waals surface area contributed by atoms with Gasteiger partial charge in [0.2, 0.25) is 0 Å². The molecule has 3 rings (SSSR count). The molecule has 2 unspecified atom stereocenters. The van der Waals surface area contributed by atoms with Crippen LogP contribution in [0.4, 0.5) is 0 Å². The summed E-state index contributed by atoms with van der Waals surface area (Å²) in [5.41, 5.74) is -9.95. The van der Waals surface area contributed by atoms with Gasteiger partial charge in [-0.05, 0) is 38.5 Å². The molecule has 15 nitrogen and oxygen atoms in total. The average Bonchev–Trinajstić information content (AvgIpc) is 3.04. The summed E-state index contributed by atoms with van der Waals surface area (Å²) in [6.45, 7) is 10.1. The van der Waals surface area contributed by atoms with Gasteiger partial charge < -0.3 is 43.7 Å². The summed E-state index contributed by atoms with van der Waals surface area (Å²) >= 11 is 0. The Morgan fingerprint density at radius 1 is 0.756 bits per heavy atom. The third kappa shape index (κ3) is 6.20. The highest BCUT2D eigenvalue weighted by Gasteiger charge is 2.75. The van der Waals surface area contributed by atoms with Crippen LogP contribution in [0, 0.1) is 11.3 Å². The maximum absolute atomic E-state index is 13.1. The summed E-state index contributed by atoms with van der Waals surface area (Å²) in [4.78, 5) is 75.4. The number of esters is 6. The molecule has 45 heavy (non-hydrogen) atoms. The molecule has 3 N–H and O–H groups in total. The van der Waals surface area contributed by atoms with Crippen molar-refractivity contribution in [2.45, 2.75) is 116 Å². The zero-order valence-electron chi connectivity index (χ0n) is 26.5. The van der Waals surface area contributed by atoms with Gasteiger partial charge in [-0.1, -0.05) is 13.0 Å². The predicted molar refractivity (Wildman–Crippen MR) is 148 cm³/mol. The molecule has 0 aromatic carbocycles. The molecule has 0 amide bonds. The Morgan fingerprint density at radius 2 is 1.24 bits per heavy atom. The number of carbonyl (C=O) groups excluding carboxylic acids is 6. The van der Waals surface area contributed by atoms with Crippen molar-refractivity contribution in [3.63, 3.8) is 0 Å². The van der Waals surface area contributed by atoms with Crippen molar-refractivity contribution in [1.82, 2.24) is 0 Å². The number of fused-ring (bicyclic) bond motifs is 2. The Kier molecular flexibility index (Phi) is 9.65. The van der Waals surface area contributed by atoms with E-state index in [9.17, 15) is 44.1 Å². The molecule has 1 saturated heterocycles. The maximum Gasteiger partial charge on any atom is 0.341 e. The van der Waals surface area contributed by atoms with Crippen molar-refractivity contribution >= 4 is 35.8 Å². The van der Waals surface area contributed by atoms with Crippen LogP contribution in [0.2, 0.25) is 0 Å². The van der Waals surface area contributed by atoms with E-state index in [1.165, 1.54) is 32.9 Å². The van der Waals surface area contributed by atoms with Crippen LogP contribution in [-0.4, -0.2) is 105 Å². The van der Waals surface area contributed by atoms with Crippen molar-refractivity contribution < 1.29 is 72.5 Å². The summed E-state index contributed by atoms with van der Waals surface area (Å²) in [5, 5.41) is 36.3. The topological polar surface area (TPSA) is 218 Å². The van der Waals surface area contributed by atoms with Crippen LogP contribution in [0.25, 0.3) is 0 Å². The Hall–Kier alpha value is -3.82. The zero-order chi connectivity index (χ0) is 34.4. The smallest absolute Gasteiger partial charge is 0.341 e. The molecule has 0 aromatic heterocycles. The van der Waals surface area contributed by atoms with Gasteiger partial charge in [-0.25, -0.2) is 4.79 Å². The average molecular weight is 641 g/mol. The standard InChI is InChI=1S/C30H40O15/c1-13-12-20-30(39,29(9,38)26(36)45-20)25(44-18(6)35)23-27(7,11-10-19(28(23,8)37)40-14(2)31)24(43-17(5)34)22(42-16(4)33)21(13)41-15(3)32/h10-12,19-25,37-39H,1-9H3/b13-12-/t19-,20+,21?,22-,23-,24+,25?,27+,28-,29-,30+/m1/s1. The molecule has 1 heterocycles. The predicted octanol–water partition coefficient (Wildman–Crippen LogP) is -0.0444. The summed E-state index contributed by atoms with van der Waals surface area (Å²) in [6.07, 6.45) is -6.63. The van der Waals surface area contributed by atoms with E-state index in [0.717, 1.165) is 47.6 Å². The molecule has 0 bridgehead atoms. The minimum atomic E-state index is -2.89. The van der Waals surface area contributed by atoms with Gasteiger partial charge in [0.05, 0.1) is 0 Å². The number of aliphatic hydroxyl groups is 3. The lowest BCUT2D eigenvalue weighted by Crippen LogP contribution is -2.74. The molecule has 1 fully saturated rings. The fourth-order valence-electron chi connectivity index (χ4n) is 6.73. The van der Waals surface area contributed by atoms with Gasteiger partial charge in [-0.2, -0.15) is 0 Å². The summed E-state index contributed by atoms with van der Waals surface area (Å²) < 4.78 is 33.4. The van der Waals surface area contributed by atoms with Gasteiger partial charge in [0.25, 0.3) is 0 Å². The van der Waals surface area contributed by atoms with Crippen molar-refractivity contribution in [1.29, 1.82) is 0 Å². The lowest BCUT2D eigenvalue weighted by Gasteiger charge is -2.58. The molecule has 0 spiro atoms. The monoisotopic (exact) mass is 640 g/mol. The van der Waals surface area contributed by atoms with Crippen LogP contribution in [0.1, 0.15) is 62.3 Å². The van der Waals surface area contributed by atoms with Crippen molar-refractivity contribution in [3.8, 4) is 0 Å². The first-order valence-corrected chi connectivity index (χ1v) is 14.1. The van der Waals surface area contributed by atoms with Crippen LogP contribution in [-0.2, 0) is 57.2 Å². The molecule has 3 aliphatic rings. The molecular weight excluding hydrogens is 600 g/mol. The lowest BCUT2D eigenvalue weighted by molar-refractivity contribution is -0.266. The Labute approximate surface area is 259 Å². The lowest BCUT2D eigenvalue weighted by atomic mass is 9.53. The Bertz CT molecular complexity index is 1330. The van der Waals surface area contributed by atoms with E-state index in [4.69, 9.17) is 28.4 Å². The highest BCUT2D eigenvalue weighted by Crippen LogP contribution is 2.56. The zero-order valence-corrected chi connectivity index (χ0v) is 26.5. The second kappa shape index (κ2) is 12.2. The normalized spacial score (nSPS) is 42.0.